The molecule has 0 saturated carbocycles. The van der Waals surface area contributed by atoms with Crippen LogP contribution in [0.15, 0.2) is 0 Å². The van der Waals surface area contributed by atoms with Crippen LogP contribution in [0.1, 0.15) is 46.0 Å². The van der Waals surface area contributed by atoms with Gasteiger partial charge in [-0.1, -0.05) is 13.8 Å². The number of rotatable bonds is 9. The van der Waals surface area contributed by atoms with Gasteiger partial charge in [-0.05, 0) is 12.8 Å². The van der Waals surface area contributed by atoms with Crippen LogP contribution in [0.3, 0.4) is 0 Å². The molecule has 0 bridgehead atoms. The van der Waals surface area contributed by atoms with Gasteiger partial charge in [0.15, 0.2) is 0 Å². The highest BCUT2D eigenvalue weighted by molar-refractivity contribution is 5.96. The zero-order valence-electron chi connectivity index (χ0n) is 10.5. The van der Waals surface area contributed by atoms with Gasteiger partial charge in [-0.3, -0.25) is 14.4 Å². The second-order valence-corrected chi connectivity index (χ2v) is 3.66. The number of hydrogen-bond acceptors (Lipinski definition) is 5. The molecule has 0 unspecified atom stereocenters. The van der Waals surface area contributed by atoms with E-state index in [-0.39, 0.29) is 25.0 Å². The smallest absolute Gasteiger partial charge is 0.313 e. The number of carbonyl (C=O) groups is 3. The van der Waals surface area contributed by atoms with E-state index < -0.39 is 11.9 Å². The fourth-order valence-electron chi connectivity index (χ4n) is 1.05. The average Bonchev–Trinajstić information content (AvgIpc) is 2.31. The molecule has 0 aliphatic rings. The Morgan fingerprint density at radius 2 is 1.35 bits per heavy atom. The highest BCUT2D eigenvalue weighted by Gasteiger charge is 2.12. The van der Waals surface area contributed by atoms with Crippen LogP contribution in [0.2, 0.25) is 0 Å². The minimum Gasteiger partial charge on any atom is -0.466 e. The van der Waals surface area contributed by atoms with Crippen LogP contribution < -0.4 is 0 Å². The monoisotopic (exact) mass is 244 g/mol. The predicted octanol–water partition coefficient (Wildman–Crippen LogP) is 1.63. The minimum absolute atomic E-state index is 0.0277. The molecule has 0 aromatic heterocycles. The summed E-state index contributed by atoms with van der Waals surface area (Å²) in [5, 5.41) is 0. The normalized spacial score (nSPS) is 9.76. The Labute approximate surface area is 101 Å². The van der Waals surface area contributed by atoms with Crippen LogP contribution >= 0.6 is 0 Å². The molecule has 0 fully saturated rings. The van der Waals surface area contributed by atoms with Crippen molar-refractivity contribution in [3.63, 3.8) is 0 Å². The zero-order chi connectivity index (χ0) is 13.1. The third kappa shape index (κ3) is 9.53. The van der Waals surface area contributed by atoms with Crippen LogP contribution in [0.4, 0.5) is 0 Å². The first kappa shape index (κ1) is 15.6. The summed E-state index contributed by atoms with van der Waals surface area (Å²) in [6.45, 7) is 4.46. The first-order valence-corrected chi connectivity index (χ1v) is 5.93. The van der Waals surface area contributed by atoms with E-state index in [1.54, 1.807) is 0 Å². The van der Waals surface area contributed by atoms with Crippen molar-refractivity contribution in [3.8, 4) is 0 Å². The van der Waals surface area contributed by atoms with Gasteiger partial charge in [-0.25, -0.2) is 0 Å². The van der Waals surface area contributed by atoms with Gasteiger partial charge in [-0.2, -0.15) is 0 Å². The number of Topliss-reactive ketones (excluding diaryl/α,β-unsaturated/α-hetero) is 1. The summed E-state index contributed by atoms with van der Waals surface area (Å²) in [5.41, 5.74) is 0. The summed E-state index contributed by atoms with van der Waals surface area (Å²) in [6.07, 6.45) is 1.27. The molecule has 5 heteroatoms. The van der Waals surface area contributed by atoms with Gasteiger partial charge in [0.1, 0.15) is 12.2 Å². The second-order valence-electron chi connectivity index (χ2n) is 3.66. The van der Waals surface area contributed by atoms with E-state index in [1.165, 1.54) is 0 Å². The molecule has 5 nitrogen and oxygen atoms in total. The summed E-state index contributed by atoms with van der Waals surface area (Å²) in [6, 6.07) is 0. The Morgan fingerprint density at radius 3 is 1.88 bits per heavy atom. The van der Waals surface area contributed by atoms with E-state index in [0.717, 1.165) is 12.8 Å². The summed E-state index contributed by atoms with van der Waals surface area (Å²) >= 11 is 0. The number of ether oxygens (including phenoxy) is 2. The van der Waals surface area contributed by atoms with Crippen molar-refractivity contribution in [2.45, 2.75) is 46.0 Å². The number of carbonyl (C=O) groups excluding carboxylic acids is 3. The summed E-state index contributed by atoms with van der Waals surface area (Å²) in [4.78, 5) is 33.4. The summed E-state index contributed by atoms with van der Waals surface area (Å²) in [5.74, 6) is -1.22. The molecule has 98 valence electrons. The molecule has 0 aliphatic heterocycles. The van der Waals surface area contributed by atoms with Gasteiger partial charge in [0.2, 0.25) is 0 Å². The van der Waals surface area contributed by atoms with Gasteiger partial charge in [0, 0.05) is 6.42 Å². The van der Waals surface area contributed by atoms with Gasteiger partial charge in [0.05, 0.1) is 19.6 Å². The lowest BCUT2D eigenvalue weighted by atomic mass is 10.2. The maximum Gasteiger partial charge on any atom is 0.313 e. The lowest BCUT2D eigenvalue weighted by Crippen LogP contribution is -2.14. The van der Waals surface area contributed by atoms with Crippen molar-refractivity contribution in [2.24, 2.45) is 0 Å². The molecule has 0 amide bonds. The van der Waals surface area contributed by atoms with Crippen molar-refractivity contribution in [1.29, 1.82) is 0 Å². The van der Waals surface area contributed by atoms with Crippen molar-refractivity contribution < 1.29 is 23.9 Å². The van der Waals surface area contributed by atoms with Gasteiger partial charge in [-0.15, -0.1) is 0 Å². The lowest BCUT2D eigenvalue weighted by molar-refractivity contribution is -0.148. The predicted molar refractivity (Wildman–Crippen MR) is 61.4 cm³/mol. The van der Waals surface area contributed by atoms with Gasteiger partial charge in [0.25, 0.3) is 0 Å². The molecule has 0 aromatic rings. The Hall–Kier alpha value is -1.39. The van der Waals surface area contributed by atoms with Crippen molar-refractivity contribution in [3.05, 3.63) is 0 Å². The molecule has 0 saturated heterocycles. The van der Waals surface area contributed by atoms with Crippen LogP contribution in [0, 0.1) is 0 Å². The molecule has 0 radical (unpaired) electrons. The number of hydrogen-bond donors (Lipinski definition) is 0. The third-order valence-corrected chi connectivity index (χ3v) is 1.88. The molecule has 0 aromatic carbocycles. The average molecular weight is 244 g/mol. The number of esters is 2. The Balaban J connectivity index is 3.65. The lowest BCUT2D eigenvalue weighted by Gasteiger charge is -2.03. The van der Waals surface area contributed by atoms with Gasteiger partial charge < -0.3 is 9.47 Å². The molecule has 0 atom stereocenters. The van der Waals surface area contributed by atoms with Crippen LogP contribution in [-0.4, -0.2) is 30.9 Å². The quantitative estimate of drug-likeness (QED) is 0.455. The first-order chi connectivity index (χ1) is 8.10. The molecule has 17 heavy (non-hydrogen) atoms. The third-order valence-electron chi connectivity index (χ3n) is 1.88. The molecule has 0 aliphatic carbocycles. The zero-order valence-corrected chi connectivity index (χ0v) is 10.5. The van der Waals surface area contributed by atoms with E-state index in [9.17, 15) is 14.4 Å². The molecule has 0 N–H and O–H groups in total. The summed E-state index contributed by atoms with van der Waals surface area (Å²) in [7, 11) is 0. The summed E-state index contributed by atoms with van der Waals surface area (Å²) < 4.78 is 9.56. The van der Waals surface area contributed by atoms with Crippen LogP contribution in [0.5, 0.6) is 0 Å². The Bertz CT molecular complexity index is 260. The number of ketones is 1. The minimum atomic E-state index is -0.529. The fraction of sp³-hybridized carbons (Fsp3) is 0.750. The highest BCUT2D eigenvalue weighted by Crippen LogP contribution is 2.00. The largest absolute Gasteiger partial charge is 0.466 e. The second kappa shape index (κ2) is 9.81. The molecular formula is C12H20O5. The van der Waals surface area contributed by atoms with Crippen molar-refractivity contribution >= 4 is 17.7 Å². The Morgan fingerprint density at radius 1 is 0.824 bits per heavy atom. The van der Waals surface area contributed by atoms with Crippen molar-refractivity contribution in [1.82, 2.24) is 0 Å². The van der Waals surface area contributed by atoms with Crippen LogP contribution in [-0.2, 0) is 23.9 Å². The first-order valence-electron chi connectivity index (χ1n) is 5.93. The van der Waals surface area contributed by atoms with E-state index in [1.807, 2.05) is 13.8 Å². The van der Waals surface area contributed by atoms with Gasteiger partial charge >= 0.3 is 11.9 Å². The van der Waals surface area contributed by atoms with Crippen LogP contribution in [0.25, 0.3) is 0 Å². The van der Waals surface area contributed by atoms with Crippen molar-refractivity contribution in [2.75, 3.05) is 13.2 Å². The van der Waals surface area contributed by atoms with E-state index >= 15 is 0 Å². The topological polar surface area (TPSA) is 69.7 Å². The van der Waals surface area contributed by atoms with E-state index in [4.69, 9.17) is 9.47 Å². The Kier molecular flexibility index (Phi) is 9.01. The van der Waals surface area contributed by atoms with E-state index in [2.05, 4.69) is 0 Å². The van der Waals surface area contributed by atoms with E-state index in [0.29, 0.717) is 13.2 Å². The molecule has 0 heterocycles. The maximum atomic E-state index is 11.3. The maximum absolute atomic E-state index is 11.3. The molecule has 0 rings (SSSR count). The fourth-order valence-corrected chi connectivity index (χ4v) is 1.05. The SMILES string of the molecule is CCCOC(=O)CCC(=O)CC(=O)OCCC. The highest BCUT2D eigenvalue weighted by atomic mass is 16.5. The molecular weight excluding hydrogens is 224 g/mol. The standard InChI is InChI=1S/C12H20O5/c1-3-7-16-11(14)6-5-10(13)9-12(15)17-8-4-2/h3-9H2,1-2H3. The molecule has 0 spiro atoms.